The highest BCUT2D eigenvalue weighted by Crippen LogP contribution is 2.59. The predicted molar refractivity (Wildman–Crippen MR) is 145 cm³/mol. The lowest BCUT2D eigenvalue weighted by Crippen LogP contribution is -2.45. The standard InChI is InChI=1S/C30H31N5O5/c1-4-21(36)20-13-38-27(32-20)24-25-30-16-7-5-6-8-19(16)33-29(30)39-22-10-9-15(11-17(22)30)12-18(31)26(37)34-23(14(2)3)28(35-24)40-25/h5-11,13-14,18,21,23,29,33,36H,4,12,31H2,1-3H3,(H,34,37)/t18-,21?,23-,29-,30?/m0/s1. The molecule has 1 spiro atoms. The van der Waals surface area contributed by atoms with Crippen LogP contribution >= 0.6 is 0 Å². The quantitative estimate of drug-likeness (QED) is 0.301. The molecule has 0 saturated carbocycles. The van der Waals surface area contributed by atoms with Crippen molar-refractivity contribution in [2.24, 2.45) is 11.7 Å². The minimum absolute atomic E-state index is 0.0593. The molecule has 0 aliphatic carbocycles. The van der Waals surface area contributed by atoms with E-state index in [1.165, 1.54) is 6.26 Å². The van der Waals surface area contributed by atoms with Gasteiger partial charge in [0.25, 0.3) is 0 Å². The molecular weight excluding hydrogens is 510 g/mol. The molecule has 0 saturated heterocycles. The Bertz CT molecular complexity index is 1630. The van der Waals surface area contributed by atoms with Gasteiger partial charge >= 0.3 is 0 Å². The van der Waals surface area contributed by atoms with Gasteiger partial charge in [0.2, 0.25) is 17.7 Å². The summed E-state index contributed by atoms with van der Waals surface area (Å²) in [6, 6.07) is 12.6. The van der Waals surface area contributed by atoms with Gasteiger partial charge < -0.3 is 35.0 Å². The van der Waals surface area contributed by atoms with Gasteiger partial charge in [-0.05, 0) is 42.0 Å². The molecule has 4 aromatic rings. The Labute approximate surface area is 231 Å². The number of amides is 1. The van der Waals surface area contributed by atoms with Crippen molar-refractivity contribution < 1.29 is 23.5 Å². The number of ether oxygens (including phenoxy) is 1. The number of hydrogen-bond acceptors (Lipinski definition) is 9. The maximum absolute atomic E-state index is 13.2. The molecule has 7 rings (SSSR count). The minimum atomic E-state index is -0.935. The van der Waals surface area contributed by atoms with Gasteiger partial charge in [-0.25, -0.2) is 9.97 Å². The molecule has 10 nitrogen and oxygen atoms in total. The Morgan fingerprint density at radius 2 is 1.98 bits per heavy atom. The number of para-hydroxylation sites is 1. The highest BCUT2D eigenvalue weighted by Gasteiger charge is 2.61. The number of nitrogens with two attached hydrogens (primary N) is 1. The highest BCUT2D eigenvalue weighted by molar-refractivity contribution is 5.82. The number of fused-ring (bicyclic) bond motifs is 4. The third kappa shape index (κ3) is 3.45. The van der Waals surface area contributed by atoms with Gasteiger partial charge in [0.05, 0.1) is 12.1 Å². The van der Waals surface area contributed by atoms with Crippen LogP contribution in [0.3, 0.4) is 0 Å². The van der Waals surface area contributed by atoms with Crippen LogP contribution in [0.4, 0.5) is 5.69 Å². The molecule has 5 heterocycles. The second-order valence-electron chi connectivity index (χ2n) is 11.1. The molecule has 5 atom stereocenters. The Hall–Kier alpha value is -4.15. The van der Waals surface area contributed by atoms with E-state index in [0.29, 0.717) is 41.6 Å². The van der Waals surface area contributed by atoms with Crippen molar-refractivity contribution >= 4 is 11.6 Å². The highest BCUT2D eigenvalue weighted by atomic mass is 16.5. The normalized spacial score (nSPS) is 25.2. The number of rotatable bonds is 4. The minimum Gasteiger partial charge on any atom is -0.469 e. The predicted octanol–water partition coefficient (Wildman–Crippen LogP) is 3.95. The lowest BCUT2D eigenvalue weighted by atomic mass is 9.72. The number of aromatic nitrogens is 2. The lowest BCUT2D eigenvalue weighted by Gasteiger charge is -2.28. The van der Waals surface area contributed by atoms with Gasteiger partial charge in [-0.15, -0.1) is 0 Å². The number of hydrogen-bond donors (Lipinski definition) is 4. The summed E-state index contributed by atoms with van der Waals surface area (Å²) in [6.07, 6.45) is 0.982. The average molecular weight is 542 g/mol. The van der Waals surface area contributed by atoms with E-state index in [-0.39, 0.29) is 17.7 Å². The van der Waals surface area contributed by atoms with Crippen LogP contribution < -0.4 is 21.1 Å². The van der Waals surface area contributed by atoms with Crippen LogP contribution in [0.25, 0.3) is 11.6 Å². The van der Waals surface area contributed by atoms with Gasteiger partial charge in [-0.1, -0.05) is 51.1 Å². The van der Waals surface area contributed by atoms with E-state index in [1.807, 2.05) is 57.2 Å². The SMILES string of the molecule is CCC(O)c1coc(-c2nc3oc2C24c5ccccc5N[C@H]2Oc2ccc(cc24)C[C@H](N)C(=O)N[C@H]3C(C)C)n1. The van der Waals surface area contributed by atoms with Gasteiger partial charge in [0.15, 0.2) is 17.7 Å². The average Bonchev–Trinajstić information content (AvgIpc) is 3.71. The van der Waals surface area contributed by atoms with Crippen molar-refractivity contribution in [3.05, 3.63) is 82.8 Å². The molecule has 1 amide bonds. The van der Waals surface area contributed by atoms with Gasteiger partial charge in [-0.3, -0.25) is 4.79 Å². The fourth-order valence-electron chi connectivity index (χ4n) is 6.11. The molecule has 4 bridgehead atoms. The van der Waals surface area contributed by atoms with Gasteiger partial charge in [0.1, 0.15) is 29.2 Å². The van der Waals surface area contributed by atoms with Crippen LogP contribution in [0, 0.1) is 5.92 Å². The summed E-state index contributed by atoms with van der Waals surface area (Å²) in [5.41, 5.74) is 9.93. The number of carbonyl (C=O) groups excluding carboxylic acids is 1. The van der Waals surface area contributed by atoms with Gasteiger partial charge in [-0.2, -0.15) is 0 Å². The smallest absolute Gasteiger partial charge is 0.249 e. The number of aliphatic hydroxyl groups is 1. The summed E-state index contributed by atoms with van der Waals surface area (Å²) < 4.78 is 19.2. The van der Waals surface area contributed by atoms with Crippen molar-refractivity contribution in [2.45, 2.75) is 63.4 Å². The summed E-state index contributed by atoms with van der Waals surface area (Å²) in [7, 11) is 0. The topological polar surface area (TPSA) is 149 Å². The maximum atomic E-state index is 13.2. The fourth-order valence-corrected chi connectivity index (χ4v) is 6.11. The molecule has 2 unspecified atom stereocenters. The zero-order valence-electron chi connectivity index (χ0n) is 22.5. The first-order valence-corrected chi connectivity index (χ1v) is 13.7. The van der Waals surface area contributed by atoms with E-state index in [9.17, 15) is 9.90 Å². The van der Waals surface area contributed by atoms with Crippen LogP contribution in [0.15, 0.2) is 57.6 Å². The second kappa shape index (κ2) is 8.94. The molecule has 5 N–H and O–H groups in total. The van der Waals surface area contributed by atoms with E-state index >= 15 is 0 Å². The van der Waals surface area contributed by atoms with E-state index in [0.717, 1.165) is 22.4 Å². The molecule has 0 fully saturated rings. The molecule has 3 aliphatic heterocycles. The Balaban J connectivity index is 1.56. The molecule has 40 heavy (non-hydrogen) atoms. The molecular formula is C30H31N5O5. The molecule has 2 aromatic carbocycles. The van der Waals surface area contributed by atoms with E-state index in [4.69, 9.17) is 24.3 Å². The third-order valence-corrected chi connectivity index (χ3v) is 8.22. The van der Waals surface area contributed by atoms with Crippen molar-refractivity contribution in [3.63, 3.8) is 0 Å². The number of aliphatic hydroxyl groups excluding tert-OH is 1. The maximum Gasteiger partial charge on any atom is 0.249 e. The second-order valence-corrected chi connectivity index (χ2v) is 11.1. The monoisotopic (exact) mass is 541 g/mol. The molecule has 3 aliphatic rings. The number of nitrogens with one attached hydrogen (secondary N) is 2. The molecule has 10 heteroatoms. The number of nitrogens with zero attached hydrogens (tertiary/aromatic N) is 2. The summed E-state index contributed by atoms with van der Waals surface area (Å²) in [5.74, 6) is 1.38. The number of oxazole rings is 2. The Morgan fingerprint density at radius 3 is 2.77 bits per heavy atom. The van der Waals surface area contributed by atoms with Crippen molar-refractivity contribution in [1.29, 1.82) is 0 Å². The Morgan fingerprint density at radius 1 is 1.15 bits per heavy atom. The van der Waals surface area contributed by atoms with Crippen LogP contribution in [0.2, 0.25) is 0 Å². The number of anilines is 1. The van der Waals surface area contributed by atoms with Crippen LogP contribution in [-0.2, 0) is 16.6 Å². The van der Waals surface area contributed by atoms with E-state index in [1.54, 1.807) is 0 Å². The van der Waals surface area contributed by atoms with Crippen LogP contribution in [-0.4, -0.2) is 33.3 Å². The zero-order valence-corrected chi connectivity index (χ0v) is 22.5. The number of benzene rings is 2. The zero-order chi connectivity index (χ0) is 27.8. The summed E-state index contributed by atoms with van der Waals surface area (Å²) >= 11 is 0. The lowest BCUT2D eigenvalue weighted by molar-refractivity contribution is -0.123. The summed E-state index contributed by atoms with van der Waals surface area (Å²) in [5, 5.41) is 17.1. The molecule has 0 radical (unpaired) electrons. The van der Waals surface area contributed by atoms with E-state index in [2.05, 4.69) is 21.7 Å². The van der Waals surface area contributed by atoms with Crippen molar-refractivity contribution in [1.82, 2.24) is 15.3 Å². The fraction of sp³-hybridized carbons (Fsp3) is 0.367. The van der Waals surface area contributed by atoms with Crippen LogP contribution in [0.1, 0.15) is 73.4 Å². The summed E-state index contributed by atoms with van der Waals surface area (Å²) in [6.45, 7) is 5.84. The molecule has 206 valence electrons. The number of carbonyl (C=O) groups is 1. The Kier molecular flexibility index (Phi) is 5.55. The van der Waals surface area contributed by atoms with Crippen molar-refractivity contribution in [2.75, 3.05) is 5.32 Å². The van der Waals surface area contributed by atoms with Crippen LogP contribution in [0.5, 0.6) is 5.75 Å². The van der Waals surface area contributed by atoms with E-state index < -0.39 is 29.8 Å². The third-order valence-electron chi connectivity index (χ3n) is 8.22. The first-order chi connectivity index (χ1) is 19.3. The largest absolute Gasteiger partial charge is 0.469 e. The summed E-state index contributed by atoms with van der Waals surface area (Å²) in [4.78, 5) is 22.8. The van der Waals surface area contributed by atoms with Gasteiger partial charge in [0, 0.05) is 11.3 Å². The van der Waals surface area contributed by atoms with Crippen molar-refractivity contribution in [3.8, 4) is 17.3 Å². The first kappa shape index (κ1) is 24.9. The molecule has 2 aromatic heterocycles. The first-order valence-electron chi connectivity index (χ1n) is 13.7.